The first kappa shape index (κ1) is 15.1. The highest BCUT2D eigenvalue weighted by molar-refractivity contribution is 6.21. The van der Waals surface area contributed by atoms with Crippen LogP contribution < -0.4 is 4.74 Å². The van der Waals surface area contributed by atoms with E-state index in [1.807, 2.05) is 18.2 Å². The Morgan fingerprint density at radius 3 is 2.90 bits per heavy atom. The van der Waals surface area contributed by atoms with Gasteiger partial charge in [-0.25, -0.2) is 0 Å². The molecule has 0 aliphatic heterocycles. The molecule has 0 radical (unpaired) electrons. The highest BCUT2D eigenvalue weighted by Gasteiger charge is 2.36. The molecular formula is C15H19ClO4. The van der Waals surface area contributed by atoms with Crippen molar-refractivity contribution in [3.63, 3.8) is 0 Å². The van der Waals surface area contributed by atoms with Crippen molar-refractivity contribution in [2.45, 2.75) is 37.2 Å². The van der Waals surface area contributed by atoms with Crippen LogP contribution in [0.1, 0.15) is 30.4 Å². The number of benzene rings is 1. The molecule has 2 rings (SSSR count). The maximum atomic E-state index is 11.7. The fourth-order valence-electron chi connectivity index (χ4n) is 2.65. The van der Waals surface area contributed by atoms with Gasteiger partial charge in [0, 0.05) is 12.3 Å². The molecule has 1 aliphatic rings. The van der Waals surface area contributed by atoms with Crippen molar-refractivity contribution in [2.75, 3.05) is 13.7 Å². The summed E-state index contributed by atoms with van der Waals surface area (Å²) in [4.78, 5) is 11.7. The van der Waals surface area contributed by atoms with Crippen molar-refractivity contribution in [1.29, 1.82) is 0 Å². The maximum Gasteiger partial charge on any atom is 0.306 e. The number of aliphatic hydroxyl groups excluding tert-OH is 1. The fraction of sp³-hybridized carbons (Fsp3) is 0.533. The zero-order chi connectivity index (χ0) is 14.7. The van der Waals surface area contributed by atoms with Crippen LogP contribution >= 0.6 is 11.6 Å². The molecule has 0 fully saturated rings. The fourth-order valence-corrected chi connectivity index (χ4v) is 2.96. The van der Waals surface area contributed by atoms with Crippen molar-refractivity contribution >= 4 is 17.6 Å². The summed E-state index contributed by atoms with van der Waals surface area (Å²) in [5.41, 5.74) is 1.97. The zero-order valence-electron chi connectivity index (χ0n) is 11.6. The van der Waals surface area contributed by atoms with Crippen LogP contribution in [-0.2, 0) is 16.0 Å². The van der Waals surface area contributed by atoms with Gasteiger partial charge in [-0.2, -0.15) is 0 Å². The van der Waals surface area contributed by atoms with Crippen molar-refractivity contribution < 1.29 is 19.4 Å². The largest absolute Gasteiger partial charge is 0.497 e. The normalized spacial score (nSPS) is 24.9. The number of ether oxygens (including phenoxy) is 2. The average Bonchev–Trinajstić information content (AvgIpc) is 2.43. The smallest absolute Gasteiger partial charge is 0.306 e. The number of hydrogen-bond donors (Lipinski definition) is 1. The topological polar surface area (TPSA) is 55.8 Å². The van der Waals surface area contributed by atoms with Gasteiger partial charge in [0.1, 0.15) is 5.75 Å². The molecule has 110 valence electrons. The molecule has 1 aliphatic carbocycles. The predicted octanol–water partition coefficient (Wildman–Crippen LogP) is 2.26. The Bertz CT molecular complexity index is 489. The number of alkyl halides is 1. The average molecular weight is 299 g/mol. The van der Waals surface area contributed by atoms with E-state index >= 15 is 0 Å². The Morgan fingerprint density at radius 1 is 1.50 bits per heavy atom. The Labute approximate surface area is 123 Å². The van der Waals surface area contributed by atoms with E-state index in [4.69, 9.17) is 21.1 Å². The van der Waals surface area contributed by atoms with E-state index in [0.717, 1.165) is 16.9 Å². The second-order valence-electron chi connectivity index (χ2n) is 4.90. The number of hydrogen-bond acceptors (Lipinski definition) is 4. The van der Waals surface area contributed by atoms with Gasteiger partial charge >= 0.3 is 5.97 Å². The molecule has 5 heteroatoms. The summed E-state index contributed by atoms with van der Waals surface area (Å²) in [5.74, 6) is 0.207. The van der Waals surface area contributed by atoms with E-state index in [-0.39, 0.29) is 18.3 Å². The Hall–Kier alpha value is -1.26. The molecule has 0 amide bonds. The van der Waals surface area contributed by atoms with Crippen LogP contribution in [0, 0.1) is 0 Å². The number of carbonyl (C=O) groups excluding carboxylic acids is 1. The van der Waals surface area contributed by atoms with Crippen molar-refractivity contribution in [3.8, 4) is 5.75 Å². The quantitative estimate of drug-likeness (QED) is 0.684. The Morgan fingerprint density at radius 2 is 2.25 bits per heavy atom. The first-order chi connectivity index (χ1) is 9.56. The van der Waals surface area contributed by atoms with E-state index in [1.54, 1.807) is 14.0 Å². The second-order valence-corrected chi connectivity index (χ2v) is 5.40. The third kappa shape index (κ3) is 3.07. The minimum atomic E-state index is -0.671. The van der Waals surface area contributed by atoms with Gasteiger partial charge < -0.3 is 14.6 Å². The van der Waals surface area contributed by atoms with E-state index in [0.29, 0.717) is 13.0 Å². The van der Waals surface area contributed by atoms with Crippen LogP contribution in [0.25, 0.3) is 0 Å². The van der Waals surface area contributed by atoms with E-state index in [1.165, 1.54) is 0 Å². The lowest BCUT2D eigenvalue weighted by atomic mass is 9.79. The molecule has 3 atom stereocenters. The van der Waals surface area contributed by atoms with Crippen LogP contribution in [0.3, 0.4) is 0 Å². The minimum Gasteiger partial charge on any atom is -0.497 e. The number of esters is 1. The lowest BCUT2D eigenvalue weighted by Crippen LogP contribution is -2.36. The molecule has 0 aromatic heterocycles. The Kier molecular flexibility index (Phi) is 4.89. The number of methoxy groups -OCH3 is 1. The highest BCUT2D eigenvalue weighted by Crippen LogP contribution is 2.39. The lowest BCUT2D eigenvalue weighted by molar-refractivity contribution is -0.143. The van der Waals surface area contributed by atoms with Crippen molar-refractivity contribution in [3.05, 3.63) is 29.3 Å². The third-order valence-corrected chi connectivity index (χ3v) is 4.22. The minimum absolute atomic E-state index is 0.179. The van der Waals surface area contributed by atoms with Gasteiger partial charge in [0.15, 0.2) is 0 Å². The summed E-state index contributed by atoms with van der Waals surface area (Å²) in [6.07, 6.45) is -0.0194. The van der Waals surface area contributed by atoms with Gasteiger partial charge in [0.25, 0.3) is 0 Å². The monoisotopic (exact) mass is 298 g/mol. The number of fused-ring (bicyclic) bond motifs is 1. The molecule has 1 aromatic rings. The van der Waals surface area contributed by atoms with Gasteiger partial charge in [0.05, 0.1) is 31.6 Å². The standard InChI is InChI=1S/C15H19ClO4/c1-3-20-14(18)8-12-11-5-4-10(19-2)6-9(11)7-13(17)15(12)16/h4-6,12-13,15,17H,3,7-8H2,1-2H3. The predicted molar refractivity (Wildman–Crippen MR) is 76.3 cm³/mol. The number of halogens is 1. The third-order valence-electron chi connectivity index (χ3n) is 3.62. The number of aliphatic hydroxyl groups is 1. The molecule has 0 saturated heterocycles. The molecule has 4 nitrogen and oxygen atoms in total. The molecule has 20 heavy (non-hydrogen) atoms. The molecular weight excluding hydrogens is 280 g/mol. The molecule has 0 bridgehead atoms. The number of rotatable bonds is 4. The molecule has 0 saturated carbocycles. The summed E-state index contributed by atoms with van der Waals surface area (Å²) in [7, 11) is 1.60. The van der Waals surface area contributed by atoms with E-state index < -0.39 is 11.5 Å². The zero-order valence-corrected chi connectivity index (χ0v) is 12.4. The van der Waals surface area contributed by atoms with E-state index in [9.17, 15) is 9.90 Å². The SMILES string of the molecule is CCOC(=O)CC1c2ccc(OC)cc2CC(O)C1Cl. The van der Waals surface area contributed by atoms with Crippen LogP contribution in [0.4, 0.5) is 0 Å². The Balaban J connectivity index is 2.29. The summed E-state index contributed by atoms with van der Waals surface area (Å²) in [6, 6.07) is 5.65. The molecule has 0 spiro atoms. The molecule has 0 heterocycles. The second kappa shape index (κ2) is 6.46. The summed E-state index contributed by atoms with van der Waals surface area (Å²) in [6.45, 7) is 2.11. The molecule has 3 unspecified atom stereocenters. The summed E-state index contributed by atoms with van der Waals surface area (Å²) in [5, 5.41) is 9.59. The van der Waals surface area contributed by atoms with Gasteiger partial charge in [-0.3, -0.25) is 4.79 Å². The van der Waals surface area contributed by atoms with Crippen LogP contribution in [0.2, 0.25) is 0 Å². The van der Waals surface area contributed by atoms with Gasteiger partial charge in [0.2, 0.25) is 0 Å². The van der Waals surface area contributed by atoms with Crippen molar-refractivity contribution in [1.82, 2.24) is 0 Å². The van der Waals surface area contributed by atoms with Gasteiger partial charge in [-0.15, -0.1) is 11.6 Å². The highest BCUT2D eigenvalue weighted by atomic mass is 35.5. The first-order valence-corrected chi connectivity index (χ1v) is 7.15. The van der Waals surface area contributed by atoms with Crippen LogP contribution in [0.5, 0.6) is 5.75 Å². The van der Waals surface area contributed by atoms with E-state index in [2.05, 4.69) is 0 Å². The molecule has 1 N–H and O–H groups in total. The maximum absolute atomic E-state index is 11.7. The summed E-state index contributed by atoms with van der Waals surface area (Å²) < 4.78 is 10.2. The van der Waals surface area contributed by atoms with Crippen LogP contribution in [-0.4, -0.2) is 36.3 Å². The number of carbonyl (C=O) groups is 1. The van der Waals surface area contributed by atoms with Crippen LogP contribution in [0.15, 0.2) is 18.2 Å². The lowest BCUT2D eigenvalue weighted by Gasteiger charge is -2.33. The summed E-state index contributed by atoms with van der Waals surface area (Å²) >= 11 is 6.29. The first-order valence-electron chi connectivity index (χ1n) is 6.71. The van der Waals surface area contributed by atoms with Gasteiger partial charge in [-0.05, 0) is 30.2 Å². The molecule has 1 aromatic carbocycles. The van der Waals surface area contributed by atoms with Gasteiger partial charge in [-0.1, -0.05) is 6.07 Å². The van der Waals surface area contributed by atoms with Crippen molar-refractivity contribution in [2.24, 2.45) is 0 Å².